The topological polar surface area (TPSA) is 47.2 Å². The predicted molar refractivity (Wildman–Crippen MR) is 89.0 cm³/mol. The summed E-state index contributed by atoms with van der Waals surface area (Å²) in [5.74, 6) is 2.01. The second-order valence-corrected chi connectivity index (χ2v) is 6.87. The highest BCUT2D eigenvalue weighted by atomic mass is 16.1. The molecule has 22 heavy (non-hydrogen) atoms. The number of Topliss-reactive ketones (excluding diaryl/α,β-unsaturated/α-hetero) is 1. The molecule has 1 aromatic heterocycles. The number of aromatic nitrogens is 2. The van der Waals surface area contributed by atoms with Gasteiger partial charge in [-0.2, -0.15) is 5.10 Å². The molecule has 1 aromatic rings. The van der Waals surface area contributed by atoms with Crippen molar-refractivity contribution in [1.29, 1.82) is 0 Å². The Bertz CT molecular complexity index is 581. The van der Waals surface area contributed by atoms with Gasteiger partial charge in [-0.3, -0.25) is 4.79 Å². The maximum atomic E-state index is 12.5. The minimum Gasteiger partial charge on any atom is -0.294 e. The van der Waals surface area contributed by atoms with E-state index in [1.807, 2.05) is 4.68 Å². The molecule has 1 saturated carbocycles. The van der Waals surface area contributed by atoms with Crippen molar-refractivity contribution in [3.63, 3.8) is 0 Å². The van der Waals surface area contributed by atoms with Gasteiger partial charge in [-0.25, -0.2) is 9.67 Å². The molecule has 0 amide bonds. The molecule has 2 aliphatic rings. The number of rotatable bonds is 5. The molecule has 0 saturated heterocycles. The number of ketones is 1. The number of carbonyl (C=O) groups is 1. The van der Waals surface area contributed by atoms with E-state index >= 15 is 0 Å². The molecule has 0 N–H and O–H groups in total. The van der Waals surface area contributed by atoms with Gasteiger partial charge in [-0.1, -0.05) is 40.0 Å². The molecule has 1 unspecified atom stereocenters. The number of nitrogens with zero attached hydrogens (tertiary/aromatic N) is 3. The highest BCUT2D eigenvalue weighted by molar-refractivity contribution is 6.15. The lowest BCUT2D eigenvalue weighted by molar-refractivity contribution is 0.0997. The first kappa shape index (κ1) is 15.4. The standard InChI is InChI=1S/C18H27N3O/c1-4-12(3)14(5-2)16-10-17(22)15-11-19-21(18(15)20-16)13-8-6-7-9-13/h11-14H,4-10H2,1-3H3/t12?,14-/m1/s1. The molecule has 0 radical (unpaired) electrons. The molecule has 4 nitrogen and oxygen atoms in total. The Morgan fingerprint density at radius 2 is 2.00 bits per heavy atom. The first-order valence-electron chi connectivity index (χ1n) is 8.83. The van der Waals surface area contributed by atoms with Gasteiger partial charge in [0, 0.05) is 11.6 Å². The smallest absolute Gasteiger partial charge is 0.173 e. The van der Waals surface area contributed by atoms with Gasteiger partial charge in [0.1, 0.15) is 0 Å². The van der Waals surface area contributed by atoms with Crippen molar-refractivity contribution in [1.82, 2.24) is 9.78 Å². The molecule has 2 heterocycles. The van der Waals surface area contributed by atoms with Crippen LogP contribution in [0.1, 0.15) is 82.1 Å². The Labute approximate surface area is 133 Å². The van der Waals surface area contributed by atoms with E-state index in [1.54, 1.807) is 6.20 Å². The highest BCUT2D eigenvalue weighted by Gasteiger charge is 2.31. The first-order chi connectivity index (χ1) is 10.7. The summed E-state index contributed by atoms with van der Waals surface area (Å²) in [5.41, 5.74) is 1.81. The molecule has 4 heteroatoms. The zero-order chi connectivity index (χ0) is 15.7. The Balaban J connectivity index is 1.97. The second kappa shape index (κ2) is 6.35. The third-order valence-corrected chi connectivity index (χ3v) is 5.53. The van der Waals surface area contributed by atoms with E-state index < -0.39 is 0 Å². The van der Waals surface area contributed by atoms with Crippen molar-refractivity contribution in [2.45, 2.75) is 71.8 Å². The van der Waals surface area contributed by atoms with E-state index in [0.717, 1.165) is 42.8 Å². The van der Waals surface area contributed by atoms with Crippen LogP contribution in [-0.4, -0.2) is 21.3 Å². The molecule has 0 bridgehead atoms. The van der Waals surface area contributed by atoms with Crippen LogP contribution >= 0.6 is 0 Å². The van der Waals surface area contributed by atoms with Gasteiger partial charge in [0.05, 0.1) is 24.2 Å². The van der Waals surface area contributed by atoms with E-state index in [2.05, 4.69) is 25.9 Å². The maximum absolute atomic E-state index is 12.5. The summed E-state index contributed by atoms with van der Waals surface area (Å²) in [5, 5.41) is 4.50. The van der Waals surface area contributed by atoms with Crippen molar-refractivity contribution in [2.75, 3.05) is 0 Å². The van der Waals surface area contributed by atoms with E-state index in [1.165, 1.54) is 12.8 Å². The van der Waals surface area contributed by atoms with Gasteiger partial charge in [-0.05, 0) is 25.2 Å². The van der Waals surface area contributed by atoms with Gasteiger partial charge >= 0.3 is 0 Å². The van der Waals surface area contributed by atoms with E-state index in [9.17, 15) is 4.79 Å². The lowest BCUT2D eigenvalue weighted by atomic mass is 9.82. The molecule has 1 aliphatic carbocycles. The summed E-state index contributed by atoms with van der Waals surface area (Å²) in [4.78, 5) is 17.5. The summed E-state index contributed by atoms with van der Waals surface area (Å²) in [6.45, 7) is 6.69. The SMILES string of the molecule is CCC(C)[C@@H](CC)C1=Nc2c(cnn2C2CCCC2)C(=O)C1. The van der Waals surface area contributed by atoms with Crippen LogP contribution in [0.15, 0.2) is 11.2 Å². The van der Waals surface area contributed by atoms with E-state index in [0.29, 0.717) is 24.3 Å². The van der Waals surface area contributed by atoms with Crippen molar-refractivity contribution in [3.8, 4) is 0 Å². The van der Waals surface area contributed by atoms with Crippen LogP contribution in [0.25, 0.3) is 0 Å². The molecule has 2 atom stereocenters. The highest BCUT2D eigenvalue weighted by Crippen LogP contribution is 2.37. The fraction of sp³-hybridized carbons (Fsp3) is 0.722. The minimum atomic E-state index is 0.200. The average Bonchev–Trinajstić information content (AvgIpc) is 3.16. The normalized spacial score (nSPS) is 21.6. The van der Waals surface area contributed by atoms with Crippen LogP contribution in [0.3, 0.4) is 0 Å². The van der Waals surface area contributed by atoms with Crippen molar-refractivity contribution < 1.29 is 4.79 Å². The van der Waals surface area contributed by atoms with Gasteiger partial charge < -0.3 is 0 Å². The quantitative estimate of drug-likeness (QED) is 0.789. The molecule has 3 rings (SSSR count). The number of aliphatic imine (C=N–C) groups is 1. The van der Waals surface area contributed by atoms with Gasteiger partial charge in [-0.15, -0.1) is 0 Å². The fourth-order valence-corrected chi connectivity index (χ4v) is 3.98. The third-order valence-electron chi connectivity index (χ3n) is 5.53. The number of fused-ring (bicyclic) bond motifs is 1. The van der Waals surface area contributed by atoms with Crippen LogP contribution in [0.4, 0.5) is 5.82 Å². The number of carbonyl (C=O) groups excluding carboxylic acids is 1. The summed E-state index contributed by atoms with van der Waals surface area (Å²) in [6, 6.07) is 0.434. The van der Waals surface area contributed by atoms with E-state index in [4.69, 9.17) is 4.99 Å². The molecule has 1 fully saturated rings. The summed E-state index contributed by atoms with van der Waals surface area (Å²) < 4.78 is 2.03. The largest absolute Gasteiger partial charge is 0.294 e. The molecular formula is C18H27N3O. The first-order valence-corrected chi connectivity index (χ1v) is 8.83. The van der Waals surface area contributed by atoms with Gasteiger partial charge in [0.2, 0.25) is 0 Å². The average molecular weight is 301 g/mol. The molecule has 1 aliphatic heterocycles. The van der Waals surface area contributed by atoms with Crippen molar-refractivity contribution >= 4 is 17.3 Å². The van der Waals surface area contributed by atoms with Crippen LogP contribution < -0.4 is 0 Å². The maximum Gasteiger partial charge on any atom is 0.173 e. The summed E-state index contributed by atoms with van der Waals surface area (Å²) in [6.07, 6.45) is 9.23. The molecular weight excluding hydrogens is 274 g/mol. The van der Waals surface area contributed by atoms with Crippen molar-refractivity contribution in [3.05, 3.63) is 11.8 Å². The van der Waals surface area contributed by atoms with Gasteiger partial charge in [0.25, 0.3) is 0 Å². The lowest BCUT2D eigenvalue weighted by Gasteiger charge is -2.26. The van der Waals surface area contributed by atoms with Gasteiger partial charge in [0.15, 0.2) is 11.6 Å². The minimum absolute atomic E-state index is 0.200. The van der Waals surface area contributed by atoms with Crippen LogP contribution in [0.5, 0.6) is 0 Å². The fourth-order valence-electron chi connectivity index (χ4n) is 3.98. The molecule has 120 valence electrons. The lowest BCUT2D eigenvalue weighted by Crippen LogP contribution is -2.26. The monoisotopic (exact) mass is 301 g/mol. The molecule has 0 aromatic carbocycles. The third kappa shape index (κ3) is 2.64. The Morgan fingerprint density at radius 3 is 2.64 bits per heavy atom. The number of hydrogen-bond donors (Lipinski definition) is 0. The Kier molecular flexibility index (Phi) is 4.46. The Hall–Kier alpha value is -1.45. The second-order valence-electron chi connectivity index (χ2n) is 6.87. The molecule has 0 spiro atoms. The number of hydrogen-bond acceptors (Lipinski definition) is 3. The summed E-state index contributed by atoms with van der Waals surface area (Å²) >= 11 is 0. The van der Waals surface area contributed by atoms with Crippen LogP contribution in [0, 0.1) is 11.8 Å². The zero-order valence-corrected chi connectivity index (χ0v) is 14.0. The van der Waals surface area contributed by atoms with Crippen molar-refractivity contribution in [2.24, 2.45) is 16.8 Å². The van der Waals surface area contributed by atoms with E-state index in [-0.39, 0.29) is 5.78 Å². The zero-order valence-electron chi connectivity index (χ0n) is 14.0. The Morgan fingerprint density at radius 1 is 1.27 bits per heavy atom. The van der Waals surface area contributed by atoms with Crippen LogP contribution in [-0.2, 0) is 0 Å². The predicted octanol–water partition coefficient (Wildman–Crippen LogP) is 4.73. The van der Waals surface area contributed by atoms with Crippen LogP contribution in [0.2, 0.25) is 0 Å². The summed E-state index contributed by atoms with van der Waals surface area (Å²) in [7, 11) is 0.